The number of aromatic amines is 1. The molecule has 1 N–H and O–H groups in total. The standard InChI is InChI=1S/C19H18N4O2S2/c1-9-10(2)26-17-14(9)18(25)23(4)19(22-17)27-11(3)15-20-13-8-6-5-7-12(13)16(24)21-15/h5-8,11H,1-4H3,(H,20,21,24). The van der Waals surface area contributed by atoms with Crippen molar-refractivity contribution in [3.8, 4) is 0 Å². The number of thioether (sulfide) groups is 1. The van der Waals surface area contributed by atoms with Crippen molar-refractivity contribution in [2.75, 3.05) is 0 Å². The number of rotatable bonds is 3. The molecule has 6 nitrogen and oxygen atoms in total. The first-order valence-electron chi connectivity index (χ1n) is 8.49. The summed E-state index contributed by atoms with van der Waals surface area (Å²) < 4.78 is 1.57. The summed E-state index contributed by atoms with van der Waals surface area (Å²) >= 11 is 2.94. The lowest BCUT2D eigenvalue weighted by Crippen LogP contribution is -2.20. The summed E-state index contributed by atoms with van der Waals surface area (Å²) in [6.07, 6.45) is 0. The lowest BCUT2D eigenvalue weighted by molar-refractivity contribution is 0.723. The van der Waals surface area contributed by atoms with Gasteiger partial charge < -0.3 is 4.98 Å². The summed E-state index contributed by atoms with van der Waals surface area (Å²) in [4.78, 5) is 39.1. The second-order valence-corrected chi connectivity index (χ2v) is 8.96. The van der Waals surface area contributed by atoms with Crippen molar-refractivity contribution in [3.63, 3.8) is 0 Å². The van der Waals surface area contributed by atoms with Gasteiger partial charge in [0.2, 0.25) is 0 Å². The number of hydrogen-bond acceptors (Lipinski definition) is 6. The van der Waals surface area contributed by atoms with E-state index < -0.39 is 0 Å². The molecular weight excluding hydrogens is 380 g/mol. The molecule has 1 atom stereocenters. The van der Waals surface area contributed by atoms with E-state index in [0.717, 1.165) is 15.3 Å². The Morgan fingerprint density at radius 1 is 1.19 bits per heavy atom. The molecule has 0 aliphatic carbocycles. The zero-order valence-corrected chi connectivity index (χ0v) is 17.0. The Labute approximate surface area is 163 Å². The molecule has 27 heavy (non-hydrogen) atoms. The van der Waals surface area contributed by atoms with Crippen molar-refractivity contribution in [1.82, 2.24) is 19.5 Å². The minimum atomic E-state index is -0.167. The number of aromatic nitrogens is 4. The molecule has 1 aromatic carbocycles. The van der Waals surface area contributed by atoms with Crippen molar-refractivity contribution >= 4 is 44.2 Å². The van der Waals surface area contributed by atoms with Gasteiger partial charge in [-0.25, -0.2) is 9.97 Å². The molecule has 0 spiro atoms. The Bertz CT molecular complexity index is 1300. The van der Waals surface area contributed by atoms with Gasteiger partial charge in [0.1, 0.15) is 10.7 Å². The maximum Gasteiger partial charge on any atom is 0.262 e. The van der Waals surface area contributed by atoms with Gasteiger partial charge in [-0.1, -0.05) is 23.9 Å². The van der Waals surface area contributed by atoms with Gasteiger partial charge in [0, 0.05) is 11.9 Å². The van der Waals surface area contributed by atoms with Gasteiger partial charge in [0.15, 0.2) is 5.16 Å². The van der Waals surface area contributed by atoms with Crippen LogP contribution >= 0.6 is 23.1 Å². The minimum Gasteiger partial charge on any atom is -0.309 e. The monoisotopic (exact) mass is 398 g/mol. The van der Waals surface area contributed by atoms with Gasteiger partial charge in [-0.05, 0) is 38.5 Å². The fourth-order valence-electron chi connectivity index (χ4n) is 2.97. The number of nitrogens with one attached hydrogen (secondary N) is 1. The van der Waals surface area contributed by atoms with E-state index >= 15 is 0 Å². The Hall–Kier alpha value is -2.45. The zero-order chi connectivity index (χ0) is 19.3. The predicted molar refractivity (Wildman–Crippen MR) is 111 cm³/mol. The smallest absolute Gasteiger partial charge is 0.262 e. The highest BCUT2D eigenvalue weighted by Crippen LogP contribution is 2.34. The summed E-state index contributed by atoms with van der Waals surface area (Å²) in [6, 6.07) is 7.25. The van der Waals surface area contributed by atoms with Crippen LogP contribution < -0.4 is 11.1 Å². The van der Waals surface area contributed by atoms with E-state index in [1.807, 2.05) is 39.0 Å². The van der Waals surface area contributed by atoms with Crippen LogP contribution in [0.2, 0.25) is 0 Å². The zero-order valence-electron chi connectivity index (χ0n) is 15.4. The van der Waals surface area contributed by atoms with Crippen LogP contribution in [0.4, 0.5) is 0 Å². The highest BCUT2D eigenvalue weighted by atomic mass is 32.2. The lowest BCUT2D eigenvalue weighted by Gasteiger charge is -2.13. The third kappa shape index (κ3) is 2.98. The highest BCUT2D eigenvalue weighted by molar-refractivity contribution is 7.99. The number of fused-ring (bicyclic) bond motifs is 2. The molecule has 138 valence electrons. The molecule has 4 rings (SSSR count). The molecule has 8 heteroatoms. The highest BCUT2D eigenvalue weighted by Gasteiger charge is 2.19. The number of H-pyrrole nitrogens is 1. The van der Waals surface area contributed by atoms with Crippen molar-refractivity contribution in [2.45, 2.75) is 31.2 Å². The van der Waals surface area contributed by atoms with Gasteiger partial charge in [-0.15, -0.1) is 11.3 Å². The van der Waals surface area contributed by atoms with Crippen molar-refractivity contribution in [2.24, 2.45) is 7.05 Å². The number of hydrogen-bond donors (Lipinski definition) is 1. The van der Waals surface area contributed by atoms with Gasteiger partial charge in [-0.3, -0.25) is 14.2 Å². The number of benzene rings is 1. The SMILES string of the molecule is Cc1sc2nc(SC(C)c3nc4ccccc4c(=O)[nH]3)n(C)c(=O)c2c1C. The molecule has 3 aromatic heterocycles. The lowest BCUT2D eigenvalue weighted by atomic mass is 10.2. The largest absolute Gasteiger partial charge is 0.309 e. The first-order valence-corrected chi connectivity index (χ1v) is 10.2. The Morgan fingerprint density at radius 2 is 1.93 bits per heavy atom. The quantitative estimate of drug-likeness (QED) is 0.420. The van der Waals surface area contributed by atoms with Crippen LogP contribution in [-0.4, -0.2) is 19.5 Å². The van der Waals surface area contributed by atoms with E-state index in [-0.39, 0.29) is 16.4 Å². The van der Waals surface area contributed by atoms with Gasteiger partial charge in [0.25, 0.3) is 11.1 Å². The minimum absolute atomic E-state index is 0.0449. The second-order valence-electron chi connectivity index (χ2n) is 6.45. The first-order chi connectivity index (χ1) is 12.9. The third-order valence-corrected chi connectivity index (χ3v) is 6.92. The van der Waals surface area contributed by atoms with E-state index in [1.165, 1.54) is 23.1 Å². The van der Waals surface area contributed by atoms with Crippen LogP contribution in [0.25, 0.3) is 21.1 Å². The molecule has 0 radical (unpaired) electrons. The molecule has 0 fully saturated rings. The van der Waals surface area contributed by atoms with E-state index in [9.17, 15) is 9.59 Å². The topological polar surface area (TPSA) is 80.6 Å². The van der Waals surface area contributed by atoms with Crippen molar-refractivity contribution in [1.29, 1.82) is 0 Å². The molecule has 1 unspecified atom stereocenters. The number of thiophene rings is 1. The van der Waals surface area contributed by atoms with Crippen LogP contribution in [0, 0.1) is 13.8 Å². The van der Waals surface area contributed by atoms with Crippen LogP contribution in [0.1, 0.15) is 28.4 Å². The number of para-hydroxylation sites is 1. The van der Waals surface area contributed by atoms with E-state index in [2.05, 4.69) is 9.97 Å². The van der Waals surface area contributed by atoms with E-state index in [4.69, 9.17) is 4.98 Å². The van der Waals surface area contributed by atoms with Crippen molar-refractivity contribution < 1.29 is 0 Å². The maximum atomic E-state index is 12.8. The fraction of sp³-hybridized carbons (Fsp3) is 0.263. The molecule has 0 saturated carbocycles. The average molecular weight is 399 g/mol. The molecule has 0 aliphatic rings. The van der Waals surface area contributed by atoms with Crippen LogP contribution in [0.3, 0.4) is 0 Å². The Balaban J connectivity index is 1.77. The average Bonchev–Trinajstić information content (AvgIpc) is 2.93. The van der Waals surface area contributed by atoms with Crippen molar-refractivity contribution in [3.05, 3.63) is 61.2 Å². The Morgan fingerprint density at radius 3 is 2.70 bits per heavy atom. The summed E-state index contributed by atoms with van der Waals surface area (Å²) in [5.41, 5.74) is 1.44. The number of nitrogens with zero attached hydrogens (tertiary/aromatic N) is 3. The second kappa shape index (κ2) is 6.61. The van der Waals surface area contributed by atoms with Crippen LogP contribution in [0.15, 0.2) is 39.0 Å². The molecule has 0 aliphatic heterocycles. The molecule has 0 bridgehead atoms. The Kier molecular flexibility index (Phi) is 4.39. The van der Waals surface area contributed by atoms with Gasteiger partial charge >= 0.3 is 0 Å². The normalized spacial score (nSPS) is 12.7. The summed E-state index contributed by atoms with van der Waals surface area (Å²) in [5, 5.41) is 1.70. The van der Waals surface area contributed by atoms with E-state index in [0.29, 0.717) is 27.3 Å². The third-order valence-electron chi connectivity index (χ3n) is 4.67. The maximum absolute atomic E-state index is 12.8. The molecule has 4 aromatic rings. The fourth-order valence-corrected chi connectivity index (χ4v) is 4.97. The van der Waals surface area contributed by atoms with Gasteiger partial charge in [0.05, 0.1) is 21.5 Å². The molecule has 3 heterocycles. The molecule has 0 saturated heterocycles. The summed E-state index contributed by atoms with van der Waals surface area (Å²) in [7, 11) is 1.73. The molecule has 0 amide bonds. The number of aryl methyl sites for hydroxylation is 2. The summed E-state index contributed by atoms with van der Waals surface area (Å²) in [5.74, 6) is 0.566. The van der Waals surface area contributed by atoms with Crippen LogP contribution in [-0.2, 0) is 7.05 Å². The van der Waals surface area contributed by atoms with E-state index in [1.54, 1.807) is 17.7 Å². The predicted octanol–water partition coefficient (Wildman–Crippen LogP) is 3.70. The first kappa shape index (κ1) is 17.9. The van der Waals surface area contributed by atoms with Crippen LogP contribution in [0.5, 0.6) is 0 Å². The molecular formula is C19H18N4O2S2. The van der Waals surface area contributed by atoms with Gasteiger partial charge in [-0.2, -0.15) is 0 Å². The summed E-state index contributed by atoms with van der Waals surface area (Å²) in [6.45, 7) is 5.90.